The number of phenolic OH excluding ortho intramolecular Hbond substituents is 1. The van der Waals surface area contributed by atoms with Crippen LogP contribution in [0.4, 0.5) is 0 Å². The van der Waals surface area contributed by atoms with E-state index >= 15 is 0 Å². The molecule has 1 aromatic carbocycles. The summed E-state index contributed by atoms with van der Waals surface area (Å²) in [6.07, 6.45) is 10.4. The largest absolute Gasteiger partial charge is 0.508 e. The number of hydrogen-bond donors (Lipinski definition) is 1. The Hall–Kier alpha value is -0.980. The molecule has 1 N–H and O–H groups in total. The summed E-state index contributed by atoms with van der Waals surface area (Å²) in [6.45, 7) is 4.26. The van der Waals surface area contributed by atoms with E-state index in [2.05, 4.69) is 6.92 Å². The zero-order valence-corrected chi connectivity index (χ0v) is 11.3. The fraction of sp³-hybridized carbons (Fsp3) is 0.625. The van der Waals surface area contributed by atoms with Crippen molar-refractivity contribution in [3.8, 4) is 5.75 Å². The first-order valence-electron chi connectivity index (χ1n) is 6.98. The normalized spacial score (nSPS) is 14.0. The van der Waals surface area contributed by atoms with Crippen molar-refractivity contribution >= 4 is 0 Å². The van der Waals surface area contributed by atoms with Gasteiger partial charge in [-0.15, -0.1) is 0 Å². The lowest BCUT2D eigenvalue weighted by molar-refractivity contribution is 0.475. The van der Waals surface area contributed by atoms with Gasteiger partial charge in [0, 0.05) is 0 Å². The first kappa shape index (κ1) is 14.1. The lowest BCUT2D eigenvalue weighted by atomic mass is 10.1. The van der Waals surface area contributed by atoms with Gasteiger partial charge >= 0.3 is 0 Å². The van der Waals surface area contributed by atoms with Gasteiger partial charge in [-0.25, -0.2) is 0 Å². The molecule has 0 spiro atoms. The Balaban J connectivity index is 0.000000171. The third kappa shape index (κ3) is 7.84. The van der Waals surface area contributed by atoms with Crippen LogP contribution in [-0.2, 0) is 0 Å². The highest BCUT2D eigenvalue weighted by Gasteiger charge is 2.19. The van der Waals surface area contributed by atoms with Gasteiger partial charge in [0.1, 0.15) is 5.75 Å². The van der Waals surface area contributed by atoms with E-state index in [4.69, 9.17) is 5.11 Å². The van der Waals surface area contributed by atoms with Gasteiger partial charge in [0.15, 0.2) is 0 Å². The molecular weight excluding hydrogens is 208 g/mol. The fourth-order valence-corrected chi connectivity index (χ4v) is 1.81. The van der Waals surface area contributed by atoms with E-state index in [0.717, 1.165) is 5.92 Å². The maximum Gasteiger partial charge on any atom is 0.115 e. The Kier molecular flexibility index (Phi) is 6.76. The molecule has 0 unspecified atom stereocenters. The number of hydrogen-bond acceptors (Lipinski definition) is 1. The molecular formula is C16H26O. The number of phenols is 1. The smallest absolute Gasteiger partial charge is 0.115 e. The summed E-state index contributed by atoms with van der Waals surface area (Å²) >= 11 is 0. The summed E-state index contributed by atoms with van der Waals surface area (Å²) in [5.41, 5.74) is 1.17. The summed E-state index contributed by atoms with van der Waals surface area (Å²) < 4.78 is 0. The van der Waals surface area contributed by atoms with Crippen LogP contribution < -0.4 is 0 Å². The van der Waals surface area contributed by atoms with Crippen LogP contribution in [0.15, 0.2) is 24.3 Å². The van der Waals surface area contributed by atoms with E-state index < -0.39 is 0 Å². The summed E-state index contributed by atoms with van der Waals surface area (Å²) in [6, 6.07) is 7.09. The van der Waals surface area contributed by atoms with Crippen molar-refractivity contribution in [2.24, 2.45) is 5.92 Å². The van der Waals surface area contributed by atoms with Gasteiger partial charge in [0.25, 0.3) is 0 Å². The molecule has 0 aliphatic heterocycles. The Bertz CT molecular complexity index is 264. The molecule has 0 atom stereocenters. The highest BCUT2D eigenvalue weighted by molar-refractivity contribution is 5.24. The van der Waals surface area contributed by atoms with E-state index in [-0.39, 0.29) is 0 Å². The van der Waals surface area contributed by atoms with Crippen LogP contribution >= 0.6 is 0 Å². The number of aromatic hydroxyl groups is 1. The highest BCUT2D eigenvalue weighted by atomic mass is 16.3. The minimum atomic E-state index is 0.329. The Morgan fingerprint density at radius 3 is 2.18 bits per heavy atom. The van der Waals surface area contributed by atoms with Gasteiger partial charge in [-0.3, -0.25) is 0 Å². The molecule has 0 heterocycles. The van der Waals surface area contributed by atoms with Crippen molar-refractivity contribution in [1.82, 2.24) is 0 Å². The molecule has 1 aromatic rings. The first-order valence-corrected chi connectivity index (χ1v) is 6.98. The van der Waals surface area contributed by atoms with Crippen LogP contribution in [0.1, 0.15) is 57.4 Å². The molecule has 96 valence electrons. The zero-order valence-electron chi connectivity index (χ0n) is 11.3. The van der Waals surface area contributed by atoms with Crippen LogP contribution in [0, 0.1) is 12.8 Å². The van der Waals surface area contributed by atoms with Gasteiger partial charge < -0.3 is 5.11 Å². The Labute approximate surface area is 106 Å². The van der Waals surface area contributed by atoms with Crippen LogP contribution in [0.2, 0.25) is 0 Å². The average molecular weight is 234 g/mol. The molecule has 2 rings (SSSR count). The maximum absolute atomic E-state index is 8.76. The summed E-state index contributed by atoms with van der Waals surface area (Å²) in [4.78, 5) is 0. The van der Waals surface area contributed by atoms with E-state index in [1.807, 2.05) is 19.1 Å². The molecule has 0 radical (unpaired) electrons. The minimum absolute atomic E-state index is 0.329. The van der Waals surface area contributed by atoms with Gasteiger partial charge in [-0.05, 0) is 25.0 Å². The molecule has 0 saturated heterocycles. The van der Waals surface area contributed by atoms with Crippen molar-refractivity contribution < 1.29 is 5.11 Å². The molecule has 1 saturated carbocycles. The van der Waals surface area contributed by atoms with E-state index in [1.54, 1.807) is 12.1 Å². The lowest BCUT2D eigenvalue weighted by Gasteiger charge is -1.95. The van der Waals surface area contributed by atoms with E-state index in [1.165, 1.54) is 50.5 Å². The van der Waals surface area contributed by atoms with Gasteiger partial charge in [0.05, 0.1) is 0 Å². The molecule has 1 fully saturated rings. The van der Waals surface area contributed by atoms with Crippen LogP contribution in [0.25, 0.3) is 0 Å². The molecule has 17 heavy (non-hydrogen) atoms. The highest BCUT2D eigenvalue weighted by Crippen LogP contribution is 2.33. The molecule has 0 aromatic heterocycles. The number of rotatable bonds is 5. The van der Waals surface area contributed by atoms with Crippen LogP contribution in [-0.4, -0.2) is 5.11 Å². The molecule has 1 heteroatoms. The van der Waals surface area contributed by atoms with Gasteiger partial charge in [-0.2, -0.15) is 0 Å². The average Bonchev–Trinajstić information content (AvgIpc) is 3.14. The van der Waals surface area contributed by atoms with E-state index in [0.29, 0.717) is 5.75 Å². The summed E-state index contributed by atoms with van der Waals surface area (Å²) in [7, 11) is 0. The fourth-order valence-electron chi connectivity index (χ4n) is 1.81. The maximum atomic E-state index is 8.76. The first-order chi connectivity index (χ1) is 8.22. The number of unbranched alkanes of at least 4 members (excludes halogenated alkanes) is 3. The number of benzene rings is 1. The van der Waals surface area contributed by atoms with Crippen molar-refractivity contribution in [3.63, 3.8) is 0 Å². The number of aryl methyl sites for hydroxylation is 1. The topological polar surface area (TPSA) is 20.2 Å². The molecule has 0 bridgehead atoms. The molecule has 1 nitrogen and oxygen atoms in total. The van der Waals surface area contributed by atoms with Crippen LogP contribution in [0.5, 0.6) is 5.75 Å². The Morgan fingerprint density at radius 1 is 1.06 bits per heavy atom. The van der Waals surface area contributed by atoms with Gasteiger partial charge in [0.2, 0.25) is 0 Å². The van der Waals surface area contributed by atoms with Crippen molar-refractivity contribution in [3.05, 3.63) is 29.8 Å². The zero-order chi connectivity index (χ0) is 12.5. The lowest BCUT2D eigenvalue weighted by Crippen LogP contribution is -1.77. The Morgan fingerprint density at radius 2 is 1.71 bits per heavy atom. The summed E-state index contributed by atoms with van der Waals surface area (Å²) in [5.74, 6) is 1.48. The third-order valence-corrected chi connectivity index (χ3v) is 3.20. The second kappa shape index (κ2) is 8.16. The summed E-state index contributed by atoms with van der Waals surface area (Å²) in [5, 5.41) is 8.76. The van der Waals surface area contributed by atoms with Crippen LogP contribution in [0.3, 0.4) is 0 Å². The minimum Gasteiger partial charge on any atom is -0.508 e. The van der Waals surface area contributed by atoms with Crippen molar-refractivity contribution in [2.45, 2.75) is 58.8 Å². The second-order valence-corrected chi connectivity index (χ2v) is 5.13. The standard InChI is InChI=1S/C9H18.C7H8O/c1-2-3-4-5-6-9-7-8-9;1-6-2-4-7(8)5-3-6/h9H,2-8H2,1H3;2-5,8H,1H3. The third-order valence-electron chi connectivity index (χ3n) is 3.20. The second-order valence-electron chi connectivity index (χ2n) is 5.13. The predicted octanol–water partition coefficient (Wildman–Crippen LogP) is 5.07. The molecule has 1 aliphatic carbocycles. The van der Waals surface area contributed by atoms with E-state index in [9.17, 15) is 0 Å². The monoisotopic (exact) mass is 234 g/mol. The van der Waals surface area contributed by atoms with Crippen molar-refractivity contribution in [1.29, 1.82) is 0 Å². The quantitative estimate of drug-likeness (QED) is 0.705. The van der Waals surface area contributed by atoms with Crippen molar-refractivity contribution in [2.75, 3.05) is 0 Å². The molecule has 1 aliphatic rings. The SMILES string of the molecule is CCCCCCC1CC1.Cc1ccc(O)cc1. The molecule has 0 amide bonds. The predicted molar refractivity (Wildman–Crippen MR) is 74.3 cm³/mol. The van der Waals surface area contributed by atoms with Gasteiger partial charge in [-0.1, -0.05) is 69.6 Å².